The van der Waals surface area contributed by atoms with Crippen LogP contribution in [0.4, 0.5) is 0 Å². The fraction of sp³-hybridized carbons (Fsp3) is 0.300. The molecule has 0 radical (unpaired) electrons. The first-order chi connectivity index (χ1) is 8.19. The normalized spacial score (nSPS) is 10.5. The third-order valence-corrected chi connectivity index (χ3v) is 1.93. The van der Waals surface area contributed by atoms with Gasteiger partial charge >= 0.3 is 0 Å². The number of aliphatic hydroxyl groups is 1. The fourth-order valence-electron chi connectivity index (χ4n) is 1.16. The summed E-state index contributed by atoms with van der Waals surface area (Å²) in [5, 5.41) is 16.1. The summed E-state index contributed by atoms with van der Waals surface area (Å²) >= 11 is 0. The van der Waals surface area contributed by atoms with E-state index >= 15 is 0 Å². The monoisotopic (exact) mass is 238 g/mol. The summed E-state index contributed by atoms with van der Waals surface area (Å²) in [6.45, 7) is 1.31. The van der Waals surface area contributed by atoms with Crippen molar-refractivity contribution < 1.29 is 18.7 Å². The third kappa shape index (κ3) is 2.70. The van der Waals surface area contributed by atoms with Gasteiger partial charge in [0, 0.05) is 13.0 Å². The zero-order valence-electron chi connectivity index (χ0n) is 9.04. The smallest absolute Gasteiger partial charge is 0.253 e. The molecular weight excluding hydrogens is 228 g/mol. The first kappa shape index (κ1) is 11.3. The van der Waals surface area contributed by atoms with Gasteiger partial charge in [-0.3, -0.25) is 4.79 Å². The van der Waals surface area contributed by atoms with E-state index in [9.17, 15) is 4.79 Å². The Balaban J connectivity index is 2.06. The van der Waals surface area contributed by atoms with Gasteiger partial charge in [-0.25, -0.2) is 0 Å². The average molecular weight is 238 g/mol. The SMILES string of the molecule is Cc1nnc(COc2coc(CO)cc2=O)o1. The molecule has 7 heteroatoms. The van der Waals surface area contributed by atoms with Crippen molar-refractivity contribution in [3.05, 3.63) is 40.1 Å². The maximum Gasteiger partial charge on any atom is 0.253 e. The number of aryl methyl sites for hydroxylation is 1. The van der Waals surface area contributed by atoms with Crippen LogP contribution in [-0.4, -0.2) is 15.3 Å². The quantitative estimate of drug-likeness (QED) is 0.823. The molecule has 0 spiro atoms. The first-order valence-electron chi connectivity index (χ1n) is 4.83. The Morgan fingerprint density at radius 2 is 2.29 bits per heavy atom. The summed E-state index contributed by atoms with van der Waals surface area (Å²) in [5.74, 6) is 0.897. The van der Waals surface area contributed by atoms with Gasteiger partial charge in [-0.2, -0.15) is 0 Å². The van der Waals surface area contributed by atoms with Crippen molar-refractivity contribution in [3.8, 4) is 5.75 Å². The van der Waals surface area contributed by atoms with Crippen molar-refractivity contribution in [2.24, 2.45) is 0 Å². The van der Waals surface area contributed by atoms with E-state index in [1.807, 2.05) is 0 Å². The number of hydrogen-bond acceptors (Lipinski definition) is 7. The van der Waals surface area contributed by atoms with Crippen molar-refractivity contribution in [2.75, 3.05) is 0 Å². The van der Waals surface area contributed by atoms with Crippen LogP contribution in [0.1, 0.15) is 17.5 Å². The number of hydrogen-bond donors (Lipinski definition) is 1. The highest BCUT2D eigenvalue weighted by Crippen LogP contribution is 2.08. The molecule has 7 nitrogen and oxygen atoms in total. The summed E-state index contributed by atoms with van der Waals surface area (Å²) in [7, 11) is 0. The van der Waals surface area contributed by atoms with Crippen molar-refractivity contribution in [1.82, 2.24) is 10.2 Å². The molecule has 2 aromatic rings. The Morgan fingerprint density at radius 3 is 2.88 bits per heavy atom. The molecule has 0 saturated carbocycles. The molecule has 2 heterocycles. The summed E-state index contributed by atoms with van der Waals surface area (Å²) < 4.78 is 15.2. The molecule has 0 saturated heterocycles. The van der Waals surface area contributed by atoms with E-state index in [4.69, 9.17) is 18.7 Å². The van der Waals surface area contributed by atoms with Gasteiger partial charge in [-0.1, -0.05) is 0 Å². The van der Waals surface area contributed by atoms with Crippen LogP contribution in [-0.2, 0) is 13.2 Å². The van der Waals surface area contributed by atoms with Gasteiger partial charge in [0.2, 0.25) is 17.1 Å². The molecule has 0 aromatic carbocycles. The van der Waals surface area contributed by atoms with E-state index in [-0.39, 0.29) is 36.0 Å². The molecule has 2 aromatic heterocycles. The van der Waals surface area contributed by atoms with Crippen LogP contribution >= 0.6 is 0 Å². The summed E-state index contributed by atoms with van der Waals surface area (Å²) in [6, 6.07) is 1.16. The van der Waals surface area contributed by atoms with Crippen LogP contribution in [0.2, 0.25) is 0 Å². The predicted octanol–water partition coefficient (Wildman–Crippen LogP) is 0.403. The van der Waals surface area contributed by atoms with Crippen molar-refractivity contribution in [2.45, 2.75) is 20.1 Å². The number of rotatable bonds is 4. The van der Waals surface area contributed by atoms with E-state index in [1.165, 1.54) is 0 Å². The number of aliphatic hydroxyl groups excluding tert-OH is 1. The van der Waals surface area contributed by atoms with Gasteiger partial charge < -0.3 is 18.7 Å². The highest BCUT2D eigenvalue weighted by Gasteiger charge is 2.07. The molecule has 0 amide bonds. The maximum absolute atomic E-state index is 11.5. The van der Waals surface area contributed by atoms with E-state index in [0.29, 0.717) is 5.89 Å². The topological polar surface area (TPSA) is 98.6 Å². The minimum absolute atomic E-state index is 0.00985. The number of ether oxygens (including phenoxy) is 1. The second kappa shape index (κ2) is 4.79. The highest BCUT2D eigenvalue weighted by atomic mass is 16.5. The maximum atomic E-state index is 11.5. The van der Waals surface area contributed by atoms with Gasteiger partial charge in [0.1, 0.15) is 18.6 Å². The molecule has 0 aliphatic heterocycles. The molecule has 90 valence electrons. The zero-order valence-corrected chi connectivity index (χ0v) is 9.04. The van der Waals surface area contributed by atoms with Crippen LogP contribution in [0.3, 0.4) is 0 Å². The largest absolute Gasteiger partial charge is 0.477 e. The van der Waals surface area contributed by atoms with E-state index in [0.717, 1.165) is 12.3 Å². The second-order valence-electron chi connectivity index (χ2n) is 3.24. The van der Waals surface area contributed by atoms with E-state index in [2.05, 4.69) is 10.2 Å². The second-order valence-corrected chi connectivity index (χ2v) is 3.24. The first-order valence-corrected chi connectivity index (χ1v) is 4.83. The molecule has 0 atom stereocenters. The van der Waals surface area contributed by atoms with Gasteiger partial charge in [-0.05, 0) is 0 Å². The zero-order chi connectivity index (χ0) is 12.3. The Labute approximate surface area is 95.7 Å². The molecule has 0 aliphatic carbocycles. The fourth-order valence-corrected chi connectivity index (χ4v) is 1.16. The van der Waals surface area contributed by atoms with E-state index in [1.54, 1.807) is 6.92 Å². The van der Waals surface area contributed by atoms with Crippen LogP contribution in [0.5, 0.6) is 5.75 Å². The summed E-state index contributed by atoms with van der Waals surface area (Å²) in [4.78, 5) is 11.5. The van der Waals surface area contributed by atoms with Crippen molar-refractivity contribution in [3.63, 3.8) is 0 Å². The van der Waals surface area contributed by atoms with Gasteiger partial charge in [0.25, 0.3) is 5.89 Å². The van der Waals surface area contributed by atoms with Crippen LogP contribution in [0, 0.1) is 6.92 Å². The van der Waals surface area contributed by atoms with Crippen LogP contribution in [0.15, 0.2) is 26.0 Å². The minimum Gasteiger partial charge on any atom is -0.477 e. The predicted molar refractivity (Wildman–Crippen MR) is 54.3 cm³/mol. The van der Waals surface area contributed by atoms with Gasteiger partial charge in [0.15, 0.2) is 6.61 Å². The molecule has 0 unspecified atom stereocenters. The lowest BCUT2D eigenvalue weighted by Crippen LogP contribution is -2.08. The molecule has 1 N–H and O–H groups in total. The Morgan fingerprint density at radius 1 is 1.47 bits per heavy atom. The molecule has 0 fully saturated rings. The number of nitrogens with zero attached hydrogens (tertiary/aromatic N) is 2. The molecule has 0 bridgehead atoms. The Bertz CT molecular complexity index is 560. The van der Waals surface area contributed by atoms with Crippen molar-refractivity contribution in [1.29, 1.82) is 0 Å². The summed E-state index contributed by atoms with van der Waals surface area (Å²) in [6.07, 6.45) is 1.14. The number of aromatic nitrogens is 2. The highest BCUT2D eigenvalue weighted by molar-refractivity contribution is 5.17. The lowest BCUT2D eigenvalue weighted by atomic mass is 10.4. The van der Waals surface area contributed by atoms with Gasteiger partial charge in [0.05, 0.1) is 0 Å². The van der Waals surface area contributed by atoms with Gasteiger partial charge in [-0.15, -0.1) is 10.2 Å². The van der Waals surface area contributed by atoms with Crippen LogP contribution in [0.25, 0.3) is 0 Å². The van der Waals surface area contributed by atoms with E-state index < -0.39 is 0 Å². The van der Waals surface area contributed by atoms with Crippen LogP contribution < -0.4 is 10.2 Å². The molecule has 0 aliphatic rings. The lowest BCUT2D eigenvalue weighted by molar-refractivity contribution is 0.228. The minimum atomic E-state index is -0.378. The lowest BCUT2D eigenvalue weighted by Gasteiger charge is -2.01. The molecule has 2 rings (SSSR count). The average Bonchev–Trinajstić information content (AvgIpc) is 2.73. The van der Waals surface area contributed by atoms with Crippen molar-refractivity contribution >= 4 is 0 Å². The Hall–Kier alpha value is -2.15. The molecule has 17 heavy (non-hydrogen) atoms. The summed E-state index contributed by atoms with van der Waals surface area (Å²) in [5.41, 5.74) is -0.378. The molecular formula is C10H10N2O5. The standard InChI is InChI=1S/C10H10N2O5/c1-6-11-12-10(17-6)5-16-9-4-15-7(3-13)2-8(9)14/h2,4,13H,3,5H2,1H3. The third-order valence-electron chi connectivity index (χ3n) is 1.93. The Kier molecular flexibility index (Phi) is 3.20.